The number of phenolic OH excluding ortho intramolecular Hbond substituents is 2. The van der Waals surface area contributed by atoms with E-state index in [-0.39, 0.29) is 29.5 Å². The Bertz CT molecular complexity index is 462. The fourth-order valence-electron chi connectivity index (χ4n) is 2.33. The van der Waals surface area contributed by atoms with Crippen LogP contribution in [0.1, 0.15) is 30.1 Å². The van der Waals surface area contributed by atoms with Crippen molar-refractivity contribution in [3.8, 4) is 11.5 Å². The molecule has 2 rings (SSSR count). The van der Waals surface area contributed by atoms with Crippen LogP contribution in [-0.4, -0.2) is 39.6 Å². The molecule has 1 aliphatic heterocycles. The number of phenols is 2. The summed E-state index contributed by atoms with van der Waals surface area (Å²) in [4.78, 5) is 14.0. The molecule has 1 aromatic carbocycles. The first-order valence-corrected chi connectivity index (χ1v) is 6.07. The van der Waals surface area contributed by atoms with Gasteiger partial charge in [0.1, 0.15) is 0 Å². The molecule has 5 nitrogen and oxygen atoms in total. The highest BCUT2D eigenvalue weighted by molar-refractivity contribution is 5.95. The van der Waals surface area contributed by atoms with Crippen LogP contribution in [0.3, 0.4) is 0 Å². The van der Waals surface area contributed by atoms with Crippen molar-refractivity contribution in [1.29, 1.82) is 0 Å². The lowest BCUT2D eigenvalue weighted by Gasteiger charge is -2.36. The Morgan fingerprint density at radius 2 is 2.11 bits per heavy atom. The third-order valence-electron chi connectivity index (χ3n) is 3.40. The molecule has 4 N–H and O–H groups in total. The van der Waals surface area contributed by atoms with E-state index in [2.05, 4.69) is 0 Å². The topological polar surface area (TPSA) is 86.8 Å². The van der Waals surface area contributed by atoms with Gasteiger partial charge in [0, 0.05) is 24.2 Å². The highest BCUT2D eigenvalue weighted by Crippen LogP contribution is 2.26. The second-order valence-electron chi connectivity index (χ2n) is 4.84. The van der Waals surface area contributed by atoms with Crippen molar-refractivity contribution in [2.24, 2.45) is 5.73 Å². The smallest absolute Gasteiger partial charge is 0.254 e. The molecule has 1 saturated heterocycles. The number of rotatable bonds is 1. The van der Waals surface area contributed by atoms with Crippen LogP contribution in [0.2, 0.25) is 0 Å². The Morgan fingerprint density at radius 1 is 1.39 bits per heavy atom. The molecule has 2 unspecified atom stereocenters. The quantitative estimate of drug-likeness (QED) is 0.650. The Morgan fingerprint density at radius 3 is 2.72 bits per heavy atom. The minimum Gasteiger partial charge on any atom is -0.504 e. The summed E-state index contributed by atoms with van der Waals surface area (Å²) >= 11 is 0. The van der Waals surface area contributed by atoms with Gasteiger partial charge in [0.05, 0.1) is 0 Å². The lowest BCUT2D eigenvalue weighted by atomic mass is 9.98. The molecule has 18 heavy (non-hydrogen) atoms. The van der Waals surface area contributed by atoms with E-state index in [1.807, 2.05) is 6.92 Å². The number of benzene rings is 1. The number of hydrogen-bond acceptors (Lipinski definition) is 4. The average molecular weight is 250 g/mol. The first-order valence-electron chi connectivity index (χ1n) is 6.07. The first-order chi connectivity index (χ1) is 8.49. The molecular formula is C13H18N2O3. The molecule has 2 atom stereocenters. The van der Waals surface area contributed by atoms with Crippen molar-refractivity contribution in [2.45, 2.75) is 31.8 Å². The minimum absolute atomic E-state index is 0.0946. The Kier molecular flexibility index (Phi) is 3.43. The summed E-state index contributed by atoms with van der Waals surface area (Å²) in [5, 5.41) is 18.6. The van der Waals surface area contributed by atoms with Crippen molar-refractivity contribution < 1.29 is 15.0 Å². The van der Waals surface area contributed by atoms with Gasteiger partial charge in [0.25, 0.3) is 5.91 Å². The van der Waals surface area contributed by atoms with Crippen LogP contribution in [0.5, 0.6) is 11.5 Å². The Labute approximate surface area is 106 Å². The van der Waals surface area contributed by atoms with Gasteiger partial charge in [-0.15, -0.1) is 0 Å². The molecule has 0 saturated carbocycles. The SMILES string of the molecule is CC1CC(N)CCN1C(=O)c1ccc(O)c(O)c1. The molecule has 0 spiro atoms. The lowest BCUT2D eigenvalue weighted by Crippen LogP contribution is -2.48. The van der Waals surface area contributed by atoms with E-state index in [4.69, 9.17) is 5.73 Å². The highest BCUT2D eigenvalue weighted by atomic mass is 16.3. The van der Waals surface area contributed by atoms with Crippen LogP contribution in [0.4, 0.5) is 0 Å². The summed E-state index contributed by atoms with van der Waals surface area (Å²) in [6.07, 6.45) is 1.58. The van der Waals surface area contributed by atoms with Crippen LogP contribution in [0.25, 0.3) is 0 Å². The van der Waals surface area contributed by atoms with Crippen molar-refractivity contribution in [1.82, 2.24) is 4.90 Å². The zero-order valence-electron chi connectivity index (χ0n) is 10.3. The summed E-state index contributed by atoms with van der Waals surface area (Å²) in [6.45, 7) is 2.60. The highest BCUT2D eigenvalue weighted by Gasteiger charge is 2.27. The zero-order chi connectivity index (χ0) is 13.3. The maximum Gasteiger partial charge on any atom is 0.254 e. The molecule has 1 amide bonds. The number of amides is 1. The second-order valence-corrected chi connectivity index (χ2v) is 4.84. The van der Waals surface area contributed by atoms with E-state index >= 15 is 0 Å². The second kappa shape index (κ2) is 4.86. The van der Waals surface area contributed by atoms with Gasteiger partial charge in [-0.2, -0.15) is 0 Å². The van der Waals surface area contributed by atoms with Gasteiger partial charge in [-0.3, -0.25) is 4.79 Å². The maximum atomic E-state index is 12.3. The van der Waals surface area contributed by atoms with Crippen LogP contribution in [0.15, 0.2) is 18.2 Å². The summed E-state index contributed by atoms with van der Waals surface area (Å²) in [5.74, 6) is -0.632. The van der Waals surface area contributed by atoms with Crippen molar-refractivity contribution >= 4 is 5.91 Å². The molecule has 1 heterocycles. The van der Waals surface area contributed by atoms with E-state index < -0.39 is 0 Å². The molecule has 98 valence electrons. The third kappa shape index (κ3) is 2.41. The van der Waals surface area contributed by atoms with Crippen LogP contribution >= 0.6 is 0 Å². The van der Waals surface area contributed by atoms with Crippen LogP contribution < -0.4 is 5.73 Å². The van der Waals surface area contributed by atoms with E-state index in [1.54, 1.807) is 4.90 Å². The molecule has 0 radical (unpaired) electrons. The largest absolute Gasteiger partial charge is 0.504 e. The normalized spacial score (nSPS) is 24.0. The van der Waals surface area contributed by atoms with Gasteiger partial charge in [-0.05, 0) is 38.0 Å². The molecule has 5 heteroatoms. The lowest BCUT2D eigenvalue weighted by molar-refractivity contribution is 0.0618. The molecule has 0 aliphatic carbocycles. The Hall–Kier alpha value is -1.75. The standard InChI is InChI=1S/C13H18N2O3/c1-8-6-10(14)4-5-15(8)13(18)9-2-3-11(16)12(17)7-9/h2-3,7-8,10,16-17H,4-6,14H2,1H3. The van der Waals surface area contributed by atoms with Crippen LogP contribution in [0, 0.1) is 0 Å². The molecule has 1 aliphatic rings. The predicted octanol–water partition coefficient (Wildman–Crippen LogP) is 1.05. The summed E-state index contributed by atoms with van der Waals surface area (Å²) in [7, 11) is 0. The molecule has 0 aromatic heterocycles. The number of carbonyl (C=O) groups excluding carboxylic acids is 1. The first kappa shape index (κ1) is 12.7. The van der Waals surface area contributed by atoms with E-state index in [9.17, 15) is 15.0 Å². The van der Waals surface area contributed by atoms with Gasteiger partial charge >= 0.3 is 0 Å². The number of hydrogen-bond donors (Lipinski definition) is 3. The van der Waals surface area contributed by atoms with Gasteiger partial charge < -0.3 is 20.8 Å². The summed E-state index contributed by atoms with van der Waals surface area (Å²) < 4.78 is 0. The average Bonchev–Trinajstić information content (AvgIpc) is 2.32. The van der Waals surface area contributed by atoms with E-state index in [0.717, 1.165) is 12.8 Å². The molecule has 1 aromatic rings. The number of nitrogens with two attached hydrogens (primary N) is 1. The predicted molar refractivity (Wildman–Crippen MR) is 67.5 cm³/mol. The zero-order valence-corrected chi connectivity index (χ0v) is 10.3. The van der Waals surface area contributed by atoms with Crippen molar-refractivity contribution in [3.63, 3.8) is 0 Å². The van der Waals surface area contributed by atoms with E-state index in [0.29, 0.717) is 12.1 Å². The van der Waals surface area contributed by atoms with Gasteiger partial charge in [0.15, 0.2) is 11.5 Å². The summed E-state index contributed by atoms with van der Waals surface area (Å²) in [5.41, 5.74) is 6.24. The van der Waals surface area contributed by atoms with Crippen LogP contribution in [-0.2, 0) is 0 Å². The van der Waals surface area contributed by atoms with Gasteiger partial charge in [-0.1, -0.05) is 0 Å². The number of likely N-dealkylation sites (tertiary alicyclic amines) is 1. The third-order valence-corrected chi connectivity index (χ3v) is 3.40. The Balaban J connectivity index is 2.18. The minimum atomic E-state index is -0.276. The van der Waals surface area contributed by atoms with Crippen molar-refractivity contribution in [2.75, 3.05) is 6.54 Å². The number of piperidine rings is 1. The molecule has 0 bridgehead atoms. The number of carbonyl (C=O) groups is 1. The fourth-order valence-corrected chi connectivity index (χ4v) is 2.33. The molecular weight excluding hydrogens is 232 g/mol. The summed E-state index contributed by atoms with van der Waals surface area (Å²) in [6, 6.07) is 4.37. The van der Waals surface area contributed by atoms with E-state index in [1.165, 1.54) is 18.2 Å². The van der Waals surface area contributed by atoms with Gasteiger partial charge in [-0.25, -0.2) is 0 Å². The van der Waals surface area contributed by atoms with Gasteiger partial charge in [0.2, 0.25) is 0 Å². The van der Waals surface area contributed by atoms with Crippen molar-refractivity contribution in [3.05, 3.63) is 23.8 Å². The maximum absolute atomic E-state index is 12.3. The fraction of sp³-hybridized carbons (Fsp3) is 0.462. The number of nitrogens with zero attached hydrogens (tertiary/aromatic N) is 1. The molecule has 1 fully saturated rings. The number of aromatic hydroxyl groups is 2. The monoisotopic (exact) mass is 250 g/mol.